The van der Waals surface area contributed by atoms with Crippen LogP contribution in [0.1, 0.15) is 6.42 Å². The zero-order valence-electron chi connectivity index (χ0n) is 11.4. The maximum Gasteiger partial charge on any atom is 0.264 e. The van der Waals surface area contributed by atoms with Crippen LogP contribution >= 0.6 is 0 Å². The van der Waals surface area contributed by atoms with Gasteiger partial charge in [0.15, 0.2) is 12.2 Å². The van der Waals surface area contributed by atoms with E-state index in [0.717, 1.165) is 11.3 Å². The van der Waals surface area contributed by atoms with E-state index in [1.807, 2.05) is 12.1 Å². The first-order chi connectivity index (χ1) is 9.99. The Bertz CT molecular complexity index is 683. The number of aromatic nitrogens is 1. The highest BCUT2D eigenvalue weighted by atomic mass is 32.2. The van der Waals surface area contributed by atoms with Gasteiger partial charge in [0.05, 0.1) is 24.6 Å². The van der Waals surface area contributed by atoms with Gasteiger partial charge in [0.1, 0.15) is 5.75 Å². The highest BCUT2D eigenvalue weighted by Crippen LogP contribution is 2.32. The van der Waals surface area contributed by atoms with E-state index >= 15 is 0 Å². The maximum absolute atomic E-state index is 10.6. The molecule has 0 saturated heterocycles. The fourth-order valence-electron chi connectivity index (χ4n) is 1.84. The van der Waals surface area contributed by atoms with Crippen LogP contribution in [0.3, 0.4) is 0 Å². The van der Waals surface area contributed by atoms with Crippen molar-refractivity contribution in [3.8, 4) is 17.1 Å². The Hall–Kier alpha value is -2.06. The summed E-state index contributed by atoms with van der Waals surface area (Å²) in [5.41, 5.74) is 1.56. The number of hydrogen-bond donors (Lipinski definition) is 2. The molecule has 114 valence electrons. The lowest BCUT2D eigenvalue weighted by Crippen LogP contribution is -2.10. The molecule has 0 spiro atoms. The number of oxazole rings is 1. The molecular formula is C13H16N2O5S. The second kappa shape index (κ2) is 6.59. The largest absolute Gasteiger partial charge is 0.496 e. The molecule has 2 aromatic rings. The molecule has 1 heterocycles. The van der Waals surface area contributed by atoms with Gasteiger partial charge in [-0.1, -0.05) is 0 Å². The summed E-state index contributed by atoms with van der Waals surface area (Å²) in [5.74, 6) is 0.948. The topological polar surface area (TPSA) is 102 Å². The van der Waals surface area contributed by atoms with Crippen molar-refractivity contribution in [2.45, 2.75) is 6.42 Å². The van der Waals surface area contributed by atoms with E-state index in [0.29, 0.717) is 24.5 Å². The van der Waals surface area contributed by atoms with Gasteiger partial charge in [-0.05, 0) is 18.6 Å². The molecule has 0 amide bonds. The van der Waals surface area contributed by atoms with Crippen LogP contribution in [-0.4, -0.2) is 37.4 Å². The molecule has 0 aliphatic carbocycles. The van der Waals surface area contributed by atoms with E-state index < -0.39 is 10.1 Å². The monoisotopic (exact) mass is 312 g/mol. The van der Waals surface area contributed by atoms with Crippen LogP contribution in [0.5, 0.6) is 5.75 Å². The lowest BCUT2D eigenvalue weighted by Gasteiger charge is -2.10. The minimum Gasteiger partial charge on any atom is -0.496 e. The summed E-state index contributed by atoms with van der Waals surface area (Å²) in [7, 11) is -2.36. The van der Waals surface area contributed by atoms with Crippen LogP contribution < -0.4 is 10.1 Å². The Labute approximate surface area is 122 Å². The Morgan fingerprint density at radius 1 is 1.43 bits per heavy atom. The van der Waals surface area contributed by atoms with Crippen LogP contribution in [0.4, 0.5) is 5.69 Å². The molecule has 0 aliphatic heterocycles. The molecule has 0 saturated carbocycles. The number of hydrogen-bond acceptors (Lipinski definition) is 6. The Morgan fingerprint density at radius 2 is 2.24 bits per heavy atom. The molecule has 2 N–H and O–H groups in total. The van der Waals surface area contributed by atoms with E-state index in [9.17, 15) is 8.42 Å². The second-order valence-corrected chi connectivity index (χ2v) is 5.92. The molecule has 1 aromatic heterocycles. The van der Waals surface area contributed by atoms with E-state index in [1.165, 1.54) is 6.39 Å². The van der Waals surface area contributed by atoms with E-state index in [4.69, 9.17) is 13.7 Å². The molecule has 0 unspecified atom stereocenters. The highest BCUT2D eigenvalue weighted by Gasteiger charge is 2.10. The third-order valence-electron chi connectivity index (χ3n) is 2.81. The van der Waals surface area contributed by atoms with Crippen LogP contribution in [-0.2, 0) is 10.1 Å². The Balaban J connectivity index is 2.02. The summed E-state index contributed by atoms with van der Waals surface area (Å²) in [4.78, 5) is 3.86. The minimum atomic E-state index is -3.91. The number of ether oxygens (including phenoxy) is 1. The third-order valence-corrected chi connectivity index (χ3v) is 3.61. The van der Waals surface area contributed by atoms with Gasteiger partial charge < -0.3 is 14.5 Å². The van der Waals surface area contributed by atoms with E-state index in [-0.39, 0.29) is 5.75 Å². The summed E-state index contributed by atoms with van der Waals surface area (Å²) in [5, 5.41) is 3.06. The summed E-state index contributed by atoms with van der Waals surface area (Å²) < 4.78 is 40.4. The van der Waals surface area contributed by atoms with Crippen molar-refractivity contribution in [1.82, 2.24) is 4.98 Å². The normalized spacial score (nSPS) is 11.3. The molecule has 0 aliphatic rings. The van der Waals surface area contributed by atoms with Crippen molar-refractivity contribution in [3.05, 3.63) is 30.8 Å². The number of nitrogens with zero attached hydrogens (tertiary/aromatic N) is 1. The Kier molecular flexibility index (Phi) is 4.81. The van der Waals surface area contributed by atoms with Crippen molar-refractivity contribution >= 4 is 15.8 Å². The number of nitrogens with one attached hydrogen (secondary N) is 1. The molecule has 0 atom stereocenters. The number of methoxy groups -OCH3 is 1. The van der Waals surface area contributed by atoms with Crippen LogP contribution in [0.15, 0.2) is 35.2 Å². The van der Waals surface area contributed by atoms with E-state index in [1.54, 1.807) is 19.4 Å². The molecule has 1 aromatic carbocycles. The second-order valence-electron chi connectivity index (χ2n) is 4.35. The average Bonchev–Trinajstić information content (AvgIpc) is 2.96. The molecule has 7 nitrogen and oxygen atoms in total. The first-order valence-corrected chi connectivity index (χ1v) is 7.86. The molecule has 2 rings (SSSR count). The lowest BCUT2D eigenvalue weighted by molar-refractivity contribution is 0.415. The predicted molar refractivity (Wildman–Crippen MR) is 78.0 cm³/mol. The molecule has 0 fully saturated rings. The van der Waals surface area contributed by atoms with Crippen molar-refractivity contribution < 1.29 is 22.1 Å². The number of benzene rings is 1. The molecule has 0 bridgehead atoms. The zero-order valence-corrected chi connectivity index (χ0v) is 12.3. The highest BCUT2D eigenvalue weighted by molar-refractivity contribution is 7.85. The fraction of sp³-hybridized carbons (Fsp3) is 0.308. The van der Waals surface area contributed by atoms with Crippen molar-refractivity contribution in [3.63, 3.8) is 0 Å². The molecular weight excluding hydrogens is 296 g/mol. The smallest absolute Gasteiger partial charge is 0.264 e. The van der Waals surface area contributed by atoms with Crippen LogP contribution in [0.2, 0.25) is 0 Å². The number of rotatable bonds is 7. The number of anilines is 1. The van der Waals surface area contributed by atoms with Gasteiger partial charge in [-0.2, -0.15) is 8.42 Å². The van der Waals surface area contributed by atoms with Gasteiger partial charge in [-0.3, -0.25) is 4.55 Å². The fourth-order valence-corrected chi connectivity index (χ4v) is 2.35. The van der Waals surface area contributed by atoms with E-state index in [2.05, 4.69) is 10.3 Å². The first-order valence-electron chi connectivity index (χ1n) is 6.25. The standard InChI is InChI=1S/C13H16N2O5S/c1-19-12-7-10(15-5-2-6-21(16,17)18)3-4-11(12)13-8-14-9-20-13/h3-4,7-9,15H,2,5-6H2,1H3,(H,16,17,18). The summed E-state index contributed by atoms with van der Waals surface area (Å²) in [6.45, 7) is 0.421. The van der Waals surface area contributed by atoms with Crippen molar-refractivity contribution in [2.24, 2.45) is 0 Å². The summed E-state index contributed by atoms with van der Waals surface area (Å²) in [6, 6.07) is 5.43. The minimum absolute atomic E-state index is 0.271. The van der Waals surface area contributed by atoms with Crippen molar-refractivity contribution in [2.75, 3.05) is 24.7 Å². The average molecular weight is 312 g/mol. The van der Waals surface area contributed by atoms with Crippen LogP contribution in [0, 0.1) is 0 Å². The molecule has 8 heteroatoms. The van der Waals surface area contributed by atoms with Gasteiger partial charge in [0.2, 0.25) is 0 Å². The predicted octanol–water partition coefficient (Wildman–Crippen LogP) is 2.04. The SMILES string of the molecule is COc1cc(NCCCS(=O)(=O)O)ccc1-c1cnco1. The third kappa shape index (κ3) is 4.47. The molecule has 0 radical (unpaired) electrons. The van der Waals surface area contributed by atoms with Crippen molar-refractivity contribution in [1.29, 1.82) is 0 Å². The van der Waals surface area contributed by atoms with Gasteiger partial charge >= 0.3 is 0 Å². The zero-order chi connectivity index (χ0) is 15.3. The van der Waals surface area contributed by atoms with Crippen LogP contribution in [0.25, 0.3) is 11.3 Å². The first kappa shape index (κ1) is 15.3. The van der Waals surface area contributed by atoms with Gasteiger partial charge in [-0.15, -0.1) is 0 Å². The maximum atomic E-state index is 10.6. The molecule has 21 heavy (non-hydrogen) atoms. The summed E-state index contributed by atoms with van der Waals surface area (Å²) in [6.07, 6.45) is 3.25. The van der Waals surface area contributed by atoms with Gasteiger partial charge in [0, 0.05) is 18.3 Å². The van der Waals surface area contributed by atoms with Gasteiger partial charge in [0.25, 0.3) is 10.1 Å². The quantitative estimate of drug-likeness (QED) is 0.596. The summed E-state index contributed by atoms with van der Waals surface area (Å²) >= 11 is 0. The lowest BCUT2D eigenvalue weighted by atomic mass is 10.1. The Morgan fingerprint density at radius 3 is 2.86 bits per heavy atom. The van der Waals surface area contributed by atoms with Gasteiger partial charge in [-0.25, -0.2) is 4.98 Å².